The fourth-order valence-corrected chi connectivity index (χ4v) is 2.62. The maximum absolute atomic E-state index is 12.0. The van der Waals surface area contributed by atoms with Gasteiger partial charge in [0.2, 0.25) is 5.13 Å². The number of nitrogens with zero attached hydrogens (tertiary/aromatic N) is 3. The summed E-state index contributed by atoms with van der Waals surface area (Å²) in [6.45, 7) is 1.62. The third-order valence-corrected chi connectivity index (χ3v) is 4.28. The second-order valence-corrected chi connectivity index (χ2v) is 5.82. The Morgan fingerprint density at radius 3 is 2.80 bits per heavy atom. The molecule has 1 amide bonds. The molecule has 104 valence electrons. The number of amides is 1. The van der Waals surface area contributed by atoms with Crippen LogP contribution in [-0.2, 0) is 0 Å². The highest BCUT2D eigenvalue weighted by molar-refractivity contribution is 8.00. The molecule has 0 bridgehead atoms. The molecule has 0 atom stereocenters. The summed E-state index contributed by atoms with van der Waals surface area (Å²) in [7, 11) is 0. The smallest absolute Gasteiger partial charge is 0.273 e. The minimum Gasteiger partial charge on any atom is -0.296 e. The lowest BCUT2D eigenvalue weighted by Gasteiger charge is -2.02. The first-order valence-corrected chi connectivity index (χ1v) is 7.49. The zero-order valence-corrected chi connectivity index (χ0v) is 12.2. The van der Waals surface area contributed by atoms with Gasteiger partial charge in [0.25, 0.3) is 11.6 Å². The molecule has 20 heavy (non-hydrogen) atoms. The number of anilines is 1. The lowest BCUT2D eigenvalue weighted by atomic mass is 10.1. The number of hydrogen-bond acceptors (Lipinski definition) is 7. The number of aryl methyl sites for hydroxylation is 1. The van der Waals surface area contributed by atoms with Crippen LogP contribution in [0.15, 0.2) is 22.5 Å². The molecule has 2 aromatic rings. The van der Waals surface area contributed by atoms with Crippen molar-refractivity contribution in [2.24, 2.45) is 0 Å². The predicted molar refractivity (Wildman–Crippen MR) is 77.5 cm³/mol. The van der Waals surface area contributed by atoms with Gasteiger partial charge in [0.15, 0.2) is 4.34 Å². The molecular formula is C11H10N4O3S2. The van der Waals surface area contributed by atoms with Gasteiger partial charge in [-0.1, -0.05) is 29.2 Å². The van der Waals surface area contributed by atoms with Crippen molar-refractivity contribution in [1.82, 2.24) is 10.2 Å². The summed E-state index contributed by atoms with van der Waals surface area (Å²) >= 11 is 2.67. The van der Waals surface area contributed by atoms with Gasteiger partial charge in [-0.3, -0.25) is 20.2 Å². The molecule has 0 aliphatic carbocycles. The third kappa shape index (κ3) is 3.11. The quantitative estimate of drug-likeness (QED) is 0.403. The summed E-state index contributed by atoms with van der Waals surface area (Å²) in [6, 6.07) is 4.33. The summed E-state index contributed by atoms with van der Waals surface area (Å²) in [6.07, 6.45) is 1.86. The number of hydrogen-bond donors (Lipinski definition) is 1. The Morgan fingerprint density at radius 2 is 2.20 bits per heavy atom. The number of thioether (sulfide) groups is 1. The maximum Gasteiger partial charge on any atom is 0.273 e. The largest absolute Gasteiger partial charge is 0.296 e. The first-order chi connectivity index (χ1) is 9.51. The van der Waals surface area contributed by atoms with E-state index < -0.39 is 10.8 Å². The number of nitrogens with one attached hydrogen (secondary N) is 1. The lowest BCUT2D eigenvalue weighted by molar-refractivity contribution is -0.385. The third-order valence-electron chi connectivity index (χ3n) is 2.47. The van der Waals surface area contributed by atoms with Crippen LogP contribution in [0.1, 0.15) is 15.9 Å². The van der Waals surface area contributed by atoms with E-state index in [0.717, 1.165) is 4.34 Å². The van der Waals surface area contributed by atoms with Crippen molar-refractivity contribution in [2.45, 2.75) is 11.3 Å². The van der Waals surface area contributed by atoms with E-state index in [0.29, 0.717) is 10.7 Å². The average molecular weight is 310 g/mol. The van der Waals surface area contributed by atoms with Gasteiger partial charge in [-0.25, -0.2) is 0 Å². The molecule has 1 N–H and O–H groups in total. The van der Waals surface area contributed by atoms with Gasteiger partial charge in [0.1, 0.15) is 0 Å². The Labute approximate surface area is 122 Å². The van der Waals surface area contributed by atoms with Gasteiger partial charge < -0.3 is 0 Å². The first kappa shape index (κ1) is 14.4. The Hall–Kier alpha value is -2.00. The van der Waals surface area contributed by atoms with Gasteiger partial charge in [0, 0.05) is 17.2 Å². The molecule has 1 aromatic carbocycles. The highest BCUT2D eigenvalue weighted by Gasteiger charge is 2.16. The number of rotatable bonds is 4. The van der Waals surface area contributed by atoms with Crippen LogP contribution in [0.5, 0.6) is 0 Å². The summed E-state index contributed by atoms with van der Waals surface area (Å²) < 4.78 is 0.732. The Morgan fingerprint density at radius 1 is 1.45 bits per heavy atom. The van der Waals surface area contributed by atoms with E-state index in [1.165, 1.54) is 35.2 Å². The predicted octanol–water partition coefficient (Wildman–Crippen LogP) is 2.73. The molecule has 0 spiro atoms. The molecule has 0 unspecified atom stereocenters. The molecule has 0 radical (unpaired) electrons. The summed E-state index contributed by atoms with van der Waals surface area (Å²) in [5, 5.41) is 21.4. The second kappa shape index (κ2) is 5.97. The van der Waals surface area contributed by atoms with Crippen LogP contribution in [0.4, 0.5) is 10.8 Å². The standard InChI is InChI=1S/C11H10N4O3S2/c1-6-3-4-7(5-8(6)15(17)18)9(16)12-10-13-14-11(19-2)20-10/h3-5H,1-2H3,(H,12,13,16). The molecule has 2 rings (SSSR count). The Kier molecular flexibility index (Phi) is 4.30. The van der Waals surface area contributed by atoms with Gasteiger partial charge in [-0.2, -0.15) is 0 Å². The number of nitro groups is 1. The minimum atomic E-state index is -0.511. The number of benzene rings is 1. The van der Waals surface area contributed by atoms with Gasteiger partial charge in [-0.05, 0) is 19.2 Å². The van der Waals surface area contributed by atoms with E-state index in [-0.39, 0.29) is 11.3 Å². The van der Waals surface area contributed by atoms with Crippen LogP contribution in [0.25, 0.3) is 0 Å². The Bertz CT molecular complexity index is 671. The SMILES string of the molecule is CSc1nnc(NC(=O)c2ccc(C)c([N+](=O)[O-])c2)s1. The minimum absolute atomic E-state index is 0.0836. The normalized spacial score (nSPS) is 10.3. The molecule has 1 heterocycles. The molecule has 7 nitrogen and oxygen atoms in total. The van der Waals surface area contributed by atoms with Crippen LogP contribution < -0.4 is 5.32 Å². The fourth-order valence-electron chi connectivity index (χ4n) is 1.46. The molecule has 9 heteroatoms. The molecule has 0 aliphatic heterocycles. The highest BCUT2D eigenvalue weighted by atomic mass is 32.2. The average Bonchev–Trinajstić information content (AvgIpc) is 2.86. The van der Waals surface area contributed by atoms with Crippen LogP contribution in [-0.4, -0.2) is 27.3 Å². The van der Waals surface area contributed by atoms with E-state index in [9.17, 15) is 14.9 Å². The van der Waals surface area contributed by atoms with E-state index >= 15 is 0 Å². The van der Waals surface area contributed by atoms with Crippen LogP contribution >= 0.6 is 23.1 Å². The van der Waals surface area contributed by atoms with Crippen molar-refractivity contribution in [1.29, 1.82) is 0 Å². The number of carbonyl (C=O) groups excluding carboxylic acids is 1. The van der Waals surface area contributed by atoms with Crippen molar-refractivity contribution in [3.63, 3.8) is 0 Å². The van der Waals surface area contributed by atoms with Crippen molar-refractivity contribution in [2.75, 3.05) is 11.6 Å². The van der Waals surface area contributed by atoms with Crippen molar-refractivity contribution in [3.8, 4) is 0 Å². The molecule has 0 aliphatic rings. The molecule has 1 aromatic heterocycles. The molecule has 0 saturated heterocycles. The van der Waals surface area contributed by atoms with Crippen molar-refractivity contribution in [3.05, 3.63) is 39.4 Å². The second-order valence-electron chi connectivity index (χ2n) is 3.79. The maximum atomic E-state index is 12.0. The van der Waals surface area contributed by atoms with Gasteiger partial charge >= 0.3 is 0 Å². The number of aromatic nitrogens is 2. The van der Waals surface area contributed by atoms with Gasteiger partial charge in [0.05, 0.1) is 4.92 Å². The summed E-state index contributed by atoms with van der Waals surface area (Å²) in [4.78, 5) is 22.3. The number of nitro benzene ring substituents is 1. The van der Waals surface area contributed by atoms with Gasteiger partial charge in [-0.15, -0.1) is 10.2 Å². The van der Waals surface area contributed by atoms with E-state index in [1.54, 1.807) is 13.0 Å². The van der Waals surface area contributed by atoms with Crippen LogP contribution in [0.2, 0.25) is 0 Å². The molecular weight excluding hydrogens is 300 g/mol. The molecule has 0 saturated carbocycles. The van der Waals surface area contributed by atoms with Crippen LogP contribution in [0, 0.1) is 17.0 Å². The zero-order valence-electron chi connectivity index (χ0n) is 10.6. The highest BCUT2D eigenvalue weighted by Crippen LogP contribution is 2.24. The summed E-state index contributed by atoms with van der Waals surface area (Å²) in [5.74, 6) is -0.447. The van der Waals surface area contributed by atoms with Crippen LogP contribution in [0.3, 0.4) is 0 Å². The summed E-state index contributed by atoms with van der Waals surface area (Å²) in [5.41, 5.74) is 0.634. The van der Waals surface area contributed by atoms with E-state index in [1.807, 2.05) is 6.26 Å². The van der Waals surface area contributed by atoms with E-state index in [2.05, 4.69) is 15.5 Å². The zero-order chi connectivity index (χ0) is 14.7. The Balaban J connectivity index is 2.21. The lowest BCUT2D eigenvalue weighted by Crippen LogP contribution is -2.12. The first-order valence-electron chi connectivity index (χ1n) is 5.45. The van der Waals surface area contributed by atoms with E-state index in [4.69, 9.17) is 0 Å². The monoisotopic (exact) mass is 310 g/mol. The van der Waals surface area contributed by atoms with Crippen molar-refractivity contribution >= 4 is 39.8 Å². The molecule has 0 fully saturated rings. The fraction of sp³-hybridized carbons (Fsp3) is 0.182. The number of carbonyl (C=O) groups is 1. The van der Waals surface area contributed by atoms with Crippen molar-refractivity contribution < 1.29 is 9.72 Å². The topological polar surface area (TPSA) is 98.0 Å².